The first-order chi connectivity index (χ1) is 16.6. The first-order valence-electron chi connectivity index (χ1n) is 11.5. The van der Waals surface area contributed by atoms with Gasteiger partial charge in [-0.3, -0.25) is 4.79 Å². The van der Waals surface area contributed by atoms with Crippen LogP contribution in [0.2, 0.25) is 0 Å². The summed E-state index contributed by atoms with van der Waals surface area (Å²) >= 11 is 0. The minimum absolute atomic E-state index is 0.102. The van der Waals surface area contributed by atoms with Crippen LogP contribution in [0.15, 0.2) is 88.7 Å². The van der Waals surface area contributed by atoms with Gasteiger partial charge in [0.1, 0.15) is 6.54 Å². The molecule has 0 spiro atoms. The van der Waals surface area contributed by atoms with Gasteiger partial charge in [0.2, 0.25) is 15.6 Å². The number of ether oxygens (including phenoxy) is 1. The normalized spacial score (nSPS) is 20.6. The molecule has 7 heteroatoms. The zero-order valence-corrected chi connectivity index (χ0v) is 21.0. The fourth-order valence-corrected chi connectivity index (χ4v) is 6.32. The lowest BCUT2D eigenvalue weighted by atomic mass is 9.77. The molecule has 1 fully saturated rings. The molecule has 0 amide bonds. The molecule has 6 nitrogen and oxygen atoms in total. The number of rotatable bonds is 5. The van der Waals surface area contributed by atoms with Gasteiger partial charge in [-0.2, -0.15) is 0 Å². The molecule has 0 N–H and O–H groups in total. The molecule has 5 rings (SSSR count). The van der Waals surface area contributed by atoms with E-state index in [1.165, 1.54) is 0 Å². The van der Waals surface area contributed by atoms with E-state index in [-0.39, 0.29) is 22.3 Å². The monoisotopic (exact) mass is 488 g/mol. The van der Waals surface area contributed by atoms with E-state index in [4.69, 9.17) is 4.74 Å². The van der Waals surface area contributed by atoms with E-state index in [0.717, 1.165) is 22.5 Å². The van der Waals surface area contributed by atoms with Gasteiger partial charge in [0.25, 0.3) is 0 Å². The molecule has 2 heterocycles. The van der Waals surface area contributed by atoms with Crippen molar-refractivity contribution in [3.63, 3.8) is 0 Å². The molecule has 2 aliphatic rings. The molecule has 0 bridgehead atoms. The van der Waals surface area contributed by atoms with E-state index < -0.39 is 21.0 Å². The Hall–Kier alpha value is -3.58. The highest BCUT2D eigenvalue weighted by atomic mass is 32.2. The quantitative estimate of drug-likeness (QED) is 0.487. The maximum absolute atomic E-state index is 13.3. The van der Waals surface area contributed by atoms with Crippen LogP contribution in [0.1, 0.15) is 25.0 Å². The SMILES string of the molecule is CN(C)c1ccc(C=CC23OC(=O)CN2c2ccc(S(=O)(=O)c4ccccc4)cc2C3(C)C)cc1. The molecule has 0 aromatic heterocycles. The van der Waals surface area contributed by atoms with Crippen LogP contribution in [0.25, 0.3) is 6.08 Å². The summed E-state index contributed by atoms with van der Waals surface area (Å²) in [6, 6.07) is 21.6. The number of hydrogen-bond donors (Lipinski definition) is 0. The second-order valence-corrected chi connectivity index (χ2v) is 11.6. The Morgan fingerprint density at radius 1 is 0.943 bits per heavy atom. The van der Waals surface area contributed by atoms with Crippen molar-refractivity contribution in [1.29, 1.82) is 0 Å². The maximum Gasteiger partial charge on any atom is 0.328 e. The fourth-order valence-electron chi connectivity index (χ4n) is 5.01. The van der Waals surface area contributed by atoms with Crippen LogP contribution >= 0.6 is 0 Å². The van der Waals surface area contributed by atoms with Gasteiger partial charge in [-0.15, -0.1) is 0 Å². The van der Waals surface area contributed by atoms with Gasteiger partial charge >= 0.3 is 5.97 Å². The number of fused-ring (bicyclic) bond motifs is 3. The van der Waals surface area contributed by atoms with Crippen LogP contribution < -0.4 is 9.80 Å². The summed E-state index contributed by atoms with van der Waals surface area (Å²) in [4.78, 5) is 16.9. The third-order valence-corrected chi connectivity index (χ3v) is 8.83. The molecule has 0 saturated carbocycles. The number of carbonyl (C=O) groups excluding carboxylic acids is 1. The van der Waals surface area contributed by atoms with Gasteiger partial charge in [-0.1, -0.05) is 36.4 Å². The van der Waals surface area contributed by atoms with Crippen LogP contribution in [-0.4, -0.2) is 40.8 Å². The van der Waals surface area contributed by atoms with Gasteiger partial charge in [0.15, 0.2) is 0 Å². The number of hydrogen-bond acceptors (Lipinski definition) is 6. The highest BCUT2D eigenvalue weighted by molar-refractivity contribution is 7.91. The lowest BCUT2D eigenvalue weighted by Crippen LogP contribution is -2.51. The van der Waals surface area contributed by atoms with Crippen LogP contribution in [0, 0.1) is 0 Å². The number of benzene rings is 3. The highest BCUT2D eigenvalue weighted by Gasteiger charge is 2.62. The highest BCUT2D eigenvalue weighted by Crippen LogP contribution is 2.56. The Balaban J connectivity index is 1.57. The van der Waals surface area contributed by atoms with Crippen molar-refractivity contribution in [2.24, 2.45) is 0 Å². The molecule has 35 heavy (non-hydrogen) atoms. The summed E-state index contributed by atoms with van der Waals surface area (Å²) in [5.41, 5.74) is 1.95. The fraction of sp³-hybridized carbons (Fsp3) is 0.250. The summed E-state index contributed by atoms with van der Waals surface area (Å²) in [7, 11) is 0.301. The van der Waals surface area contributed by atoms with Crippen molar-refractivity contribution in [3.8, 4) is 0 Å². The third kappa shape index (κ3) is 3.53. The lowest BCUT2D eigenvalue weighted by molar-refractivity contribution is -0.147. The van der Waals surface area contributed by atoms with E-state index >= 15 is 0 Å². The molecule has 1 saturated heterocycles. The summed E-state index contributed by atoms with van der Waals surface area (Å²) in [5, 5.41) is 0. The summed E-state index contributed by atoms with van der Waals surface area (Å²) < 4.78 is 32.6. The zero-order chi connectivity index (χ0) is 25.0. The molecule has 0 radical (unpaired) electrons. The number of anilines is 2. The van der Waals surface area contributed by atoms with E-state index in [1.807, 2.05) is 74.2 Å². The van der Waals surface area contributed by atoms with Gasteiger partial charge in [0, 0.05) is 25.5 Å². The largest absolute Gasteiger partial charge is 0.433 e. The summed E-state index contributed by atoms with van der Waals surface area (Å²) in [6.45, 7) is 4.08. The Kier molecular flexibility index (Phi) is 5.29. The molecule has 0 aliphatic carbocycles. The van der Waals surface area contributed by atoms with Crippen LogP contribution in [-0.2, 0) is 24.8 Å². The Bertz CT molecular complexity index is 1430. The molecule has 1 atom stereocenters. The smallest absolute Gasteiger partial charge is 0.328 e. The third-order valence-electron chi connectivity index (χ3n) is 7.06. The average Bonchev–Trinajstić information content (AvgIpc) is 3.28. The summed E-state index contributed by atoms with van der Waals surface area (Å²) in [5.74, 6) is -0.308. The predicted octanol–water partition coefficient (Wildman–Crippen LogP) is 4.65. The molecular formula is C28H28N2O4S. The van der Waals surface area contributed by atoms with Crippen molar-refractivity contribution in [1.82, 2.24) is 0 Å². The van der Waals surface area contributed by atoms with Gasteiger partial charge in [-0.05, 0) is 73.5 Å². The Morgan fingerprint density at radius 2 is 1.63 bits per heavy atom. The Morgan fingerprint density at radius 3 is 2.29 bits per heavy atom. The van der Waals surface area contributed by atoms with Gasteiger partial charge in [-0.25, -0.2) is 8.42 Å². The second-order valence-electron chi connectivity index (χ2n) is 9.70. The first kappa shape index (κ1) is 23.2. The Labute approximate surface area is 206 Å². The van der Waals surface area contributed by atoms with E-state index in [1.54, 1.807) is 48.5 Å². The molecule has 180 valence electrons. The molecular weight excluding hydrogens is 460 g/mol. The van der Waals surface area contributed by atoms with Crippen molar-refractivity contribution in [2.75, 3.05) is 30.4 Å². The molecule has 2 aliphatic heterocycles. The standard InChI is InChI=1S/C28H28N2O4S/c1-27(2)24-18-23(35(32,33)22-8-6-5-7-9-22)14-15-25(24)30-19-26(31)34-28(27,30)17-16-20-10-12-21(13-11-20)29(3)4/h5-18H,19H2,1-4H3. The molecule has 1 unspecified atom stereocenters. The van der Waals surface area contributed by atoms with E-state index in [2.05, 4.69) is 0 Å². The number of nitrogens with zero attached hydrogens (tertiary/aromatic N) is 2. The first-order valence-corrected chi connectivity index (χ1v) is 13.0. The van der Waals surface area contributed by atoms with Crippen LogP contribution in [0.4, 0.5) is 11.4 Å². The number of carbonyl (C=O) groups is 1. The zero-order valence-electron chi connectivity index (χ0n) is 20.2. The minimum Gasteiger partial charge on any atom is -0.433 e. The minimum atomic E-state index is -3.68. The van der Waals surface area contributed by atoms with Gasteiger partial charge in [0.05, 0.1) is 15.2 Å². The summed E-state index contributed by atoms with van der Waals surface area (Å²) in [6.07, 6.45) is 3.88. The van der Waals surface area contributed by atoms with Crippen LogP contribution in [0.5, 0.6) is 0 Å². The lowest BCUT2D eigenvalue weighted by Gasteiger charge is -2.38. The van der Waals surface area contributed by atoms with Gasteiger partial charge < -0.3 is 14.5 Å². The van der Waals surface area contributed by atoms with Crippen molar-refractivity contribution in [2.45, 2.75) is 34.8 Å². The maximum atomic E-state index is 13.3. The second kappa shape index (κ2) is 7.99. The average molecular weight is 489 g/mol. The predicted molar refractivity (Wildman–Crippen MR) is 137 cm³/mol. The topological polar surface area (TPSA) is 66.9 Å². The molecule has 3 aromatic rings. The number of sulfone groups is 1. The van der Waals surface area contributed by atoms with Crippen LogP contribution in [0.3, 0.4) is 0 Å². The van der Waals surface area contributed by atoms with Crippen molar-refractivity contribution in [3.05, 3.63) is 90.0 Å². The van der Waals surface area contributed by atoms with E-state index in [0.29, 0.717) is 0 Å². The van der Waals surface area contributed by atoms with Crippen molar-refractivity contribution >= 4 is 33.3 Å². The van der Waals surface area contributed by atoms with Crippen molar-refractivity contribution < 1.29 is 17.9 Å². The molecule has 3 aromatic carbocycles. The van der Waals surface area contributed by atoms with E-state index in [9.17, 15) is 13.2 Å². The number of esters is 1.